The van der Waals surface area contributed by atoms with Gasteiger partial charge in [0.2, 0.25) is 0 Å². The van der Waals surface area contributed by atoms with Crippen LogP contribution in [0.15, 0.2) is 69.8 Å². The zero-order valence-electron chi connectivity index (χ0n) is 19.1. The molecule has 0 spiro atoms. The van der Waals surface area contributed by atoms with Gasteiger partial charge >= 0.3 is 6.16 Å². The Labute approximate surface area is 197 Å². The molecule has 0 fully saturated rings. The number of hydrogen-bond acceptors (Lipinski definition) is 6. The van der Waals surface area contributed by atoms with E-state index in [1.165, 1.54) is 24.3 Å². The van der Waals surface area contributed by atoms with E-state index in [9.17, 15) is 14.9 Å². The number of carbonyl (C=O) groups excluding carboxylic acids is 1. The molecule has 0 saturated carbocycles. The summed E-state index contributed by atoms with van der Waals surface area (Å²) in [5, 5.41) is 10.7. The Bertz CT molecular complexity index is 977. The lowest BCUT2D eigenvalue weighted by atomic mass is 10.1. The van der Waals surface area contributed by atoms with Crippen LogP contribution in [0, 0.1) is 10.1 Å². The smallest absolute Gasteiger partial charge is 0.429 e. The predicted molar refractivity (Wildman–Crippen MR) is 129 cm³/mol. The average Bonchev–Trinajstić information content (AvgIpc) is 3.37. The number of unbranched alkanes of at least 4 members (excludes halogenated alkanes) is 1. The first-order valence-corrected chi connectivity index (χ1v) is 11.1. The highest BCUT2D eigenvalue weighted by Gasteiger charge is 2.51. The van der Waals surface area contributed by atoms with Gasteiger partial charge in [0.1, 0.15) is 12.4 Å². The van der Waals surface area contributed by atoms with Crippen molar-refractivity contribution in [1.82, 2.24) is 4.90 Å². The van der Waals surface area contributed by atoms with Gasteiger partial charge in [-0.3, -0.25) is 15.0 Å². The lowest BCUT2D eigenvalue weighted by molar-refractivity contribution is -0.384. The number of hydrogen-bond donors (Lipinski definition) is 0. The maximum absolute atomic E-state index is 12.1. The molecule has 0 bridgehead atoms. The molecule has 0 aliphatic heterocycles. The maximum Gasteiger partial charge on any atom is 0.514 e. The average molecular weight is 505 g/mol. The van der Waals surface area contributed by atoms with E-state index in [0.717, 1.165) is 34.0 Å². The standard InChI is InChI=1S/C24H29BrN2O5/c1-6-7-8-9-18(25)11-10-17(2)22-21(24(22,3)26(4)5)16-31-23(28)32-20-14-12-19(13-15-20)27(29)30/h8-15H,6-7,16H2,1-5H3/b9-8-,17-10+,18-11+. The lowest BCUT2D eigenvalue weighted by Crippen LogP contribution is -2.33. The minimum Gasteiger partial charge on any atom is -0.429 e. The van der Waals surface area contributed by atoms with Crippen molar-refractivity contribution in [2.75, 3.05) is 20.7 Å². The number of allylic oxidation sites excluding steroid dienone is 5. The molecule has 0 heterocycles. The summed E-state index contributed by atoms with van der Waals surface area (Å²) in [5.41, 5.74) is 2.84. The monoisotopic (exact) mass is 504 g/mol. The number of benzene rings is 1. The van der Waals surface area contributed by atoms with Gasteiger partial charge in [0.05, 0.1) is 10.5 Å². The molecule has 0 radical (unpaired) electrons. The second-order valence-corrected chi connectivity index (χ2v) is 8.72. The van der Waals surface area contributed by atoms with E-state index in [1.54, 1.807) is 0 Å². The highest BCUT2D eigenvalue weighted by atomic mass is 79.9. The largest absolute Gasteiger partial charge is 0.514 e. The van der Waals surface area contributed by atoms with Crippen molar-refractivity contribution < 1.29 is 19.2 Å². The highest BCUT2D eigenvalue weighted by Crippen LogP contribution is 2.51. The molecule has 1 aliphatic carbocycles. The highest BCUT2D eigenvalue weighted by molar-refractivity contribution is 9.11. The molecular formula is C24H29BrN2O5. The Morgan fingerprint density at radius 2 is 1.91 bits per heavy atom. The quantitative estimate of drug-likeness (QED) is 0.122. The summed E-state index contributed by atoms with van der Waals surface area (Å²) >= 11 is 3.55. The predicted octanol–water partition coefficient (Wildman–Crippen LogP) is 6.32. The molecule has 1 aliphatic rings. The van der Waals surface area contributed by atoms with Crippen LogP contribution in [-0.2, 0) is 4.74 Å². The molecule has 32 heavy (non-hydrogen) atoms. The van der Waals surface area contributed by atoms with Crippen molar-refractivity contribution in [3.05, 3.63) is 79.9 Å². The van der Waals surface area contributed by atoms with E-state index in [-0.39, 0.29) is 23.6 Å². The molecule has 7 nitrogen and oxygen atoms in total. The number of nitro groups is 1. The molecule has 1 aromatic rings. The summed E-state index contributed by atoms with van der Waals surface area (Å²) in [4.78, 5) is 24.4. The molecular weight excluding hydrogens is 476 g/mol. The van der Waals surface area contributed by atoms with Gasteiger partial charge in [0.25, 0.3) is 5.69 Å². The van der Waals surface area contributed by atoms with Gasteiger partial charge < -0.3 is 9.47 Å². The maximum atomic E-state index is 12.1. The Morgan fingerprint density at radius 3 is 2.47 bits per heavy atom. The van der Waals surface area contributed by atoms with Gasteiger partial charge in [-0.25, -0.2) is 4.79 Å². The van der Waals surface area contributed by atoms with E-state index in [4.69, 9.17) is 9.47 Å². The molecule has 0 N–H and O–H groups in total. The fourth-order valence-corrected chi connectivity index (χ4v) is 3.67. The Morgan fingerprint density at radius 1 is 1.25 bits per heavy atom. The molecule has 172 valence electrons. The molecule has 8 heteroatoms. The van der Waals surface area contributed by atoms with E-state index < -0.39 is 11.1 Å². The second-order valence-electron chi connectivity index (χ2n) is 7.80. The van der Waals surface area contributed by atoms with E-state index >= 15 is 0 Å². The number of halogens is 1. The van der Waals surface area contributed by atoms with Crippen molar-refractivity contribution in [3.8, 4) is 5.75 Å². The molecule has 0 amide bonds. The third-order valence-corrected chi connectivity index (χ3v) is 5.94. The van der Waals surface area contributed by atoms with Gasteiger partial charge in [-0.15, -0.1) is 0 Å². The minimum absolute atomic E-state index is 0.0796. The van der Waals surface area contributed by atoms with Gasteiger partial charge in [-0.1, -0.05) is 47.5 Å². The Kier molecular flexibility index (Phi) is 8.98. The van der Waals surface area contributed by atoms with Crippen molar-refractivity contribution in [2.45, 2.75) is 39.2 Å². The molecule has 1 unspecified atom stereocenters. The summed E-state index contributed by atoms with van der Waals surface area (Å²) in [5.74, 6) is 0.183. The van der Waals surface area contributed by atoms with Gasteiger partial charge in [-0.2, -0.15) is 0 Å². The fraction of sp³-hybridized carbons (Fsp3) is 0.375. The second kappa shape index (κ2) is 11.2. The van der Waals surface area contributed by atoms with E-state index in [2.05, 4.69) is 40.8 Å². The van der Waals surface area contributed by atoms with Crippen LogP contribution in [0.4, 0.5) is 10.5 Å². The topological polar surface area (TPSA) is 81.9 Å². The third-order valence-electron chi connectivity index (χ3n) is 5.41. The van der Waals surface area contributed by atoms with Crippen LogP contribution in [0.3, 0.4) is 0 Å². The number of rotatable bonds is 10. The van der Waals surface area contributed by atoms with Crippen molar-refractivity contribution >= 4 is 27.8 Å². The van der Waals surface area contributed by atoms with Gasteiger partial charge in [0.15, 0.2) is 0 Å². The summed E-state index contributed by atoms with van der Waals surface area (Å²) in [6.07, 6.45) is 9.49. The third kappa shape index (κ3) is 6.40. The first-order chi connectivity index (χ1) is 15.1. The number of ether oxygens (including phenoxy) is 2. The molecule has 0 saturated heterocycles. The number of nitro benzene ring substituents is 1. The zero-order chi connectivity index (χ0) is 23.9. The van der Waals surface area contributed by atoms with Crippen LogP contribution in [0.25, 0.3) is 0 Å². The van der Waals surface area contributed by atoms with Crippen LogP contribution in [0.1, 0.15) is 33.6 Å². The summed E-state index contributed by atoms with van der Waals surface area (Å²) in [6, 6.07) is 5.25. The number of non-ortho nitro benzene ring substituents is 1. The van der Waals surface area contributed by atoms with Crippen LogP contribution in [0.2, 0.25) is 0 Å². The van der Waals surface area contributed by atoms with Crippen LogP contribution in [0.5, 0.6) is 5.75 Å². The van der Waals surface area contributed by atoms with E-state index in [1.807, 2.05) is 39.2 Å². The Hall–Kier alpha value is -2.71. The summed E-state index contributed by atoms with van der Waals surface area (Å²) in [7, 11) is 3.96. The molecule has 0 aromatic heterocycles. The van der Waals surface area contributed by atoms with Crippen LogP contribution in [-0.4, -0.2) is 42.2 Å². The Balaban J connectivity index is 2.05. The summed E-state index contributed by atoms with van der Waals surface area (Å²) in [6.45, 7) is 6.35. The summed E-state index contributed by atoms with van der Waals surface area (Å²) < 4.78 is 11.4. The van der Waals surface area contributed by atoms with Crippen molar-refractivity contribution in [3.63, 3.8) is 0 Å². The number of nitrogens with zero attached hydrogens (tertiary/aromatic N) is 2. The normalized spacial score (nSPS) is 19.0. The van der Waals surface area contributed by atoms with Gasteiger partial charge in [0, 0.05) is 16.6 Å². The number of carbonyl (C=O) groups is 1. The first kappa shape index (κ1) is 25.5. The lowest BCUT2D eigenvalue weighted by Gasteiger charge is -2.23. The van der Waals surface area contributed by atoms with Crippen LogP contribution >= 0.6 is 15.9 Å². The van der Waals surface area contributed by atoms with Crippen molar-refractivity contribution in [1.29, 1.82) is 0 Å². The van der Waals surface area contributed by atoms with Gasteiger partial charge in [-0.05, 0) is 69.3 Å². The first-order valence-electron chi connectivity index (χ1n) is 10.3. The molecule has 2 rings (SSSR count). The number of likely N-dealkylation sites (N-methyl/N-ethyl adjacent to an activating group) is 1. The minimum atomic E-state index is -0.857. The van der Waals surface area contributed by atoms with E-state index in [0.29, 0.717) is 0 Å². The van der Waals surface area contributed by atoms with Crippen LogP contribution < -0.4 is 4.74 Å². The fourth-order valence-electron chi connectivity index (χ4n) is 3.36. The zero-order valence-corrected chi connectivity index (χ0v) is 20.6. The SMILES string of the molecule is CCC\C=C/C(Br)=C\C=C(/C)C1=C(COC(=O)Oc2ccc([N+](=O)[O-])cc2)C1(C)N(C)C. The van der Waals surface area contributed by atoms with Crippen molar-refractivity contribution in [2.24, 2.45) is 0 Å². The molecule has 1 atom stereocenters. The molecule has 1 aromatic carbocycles.